The van der Waals surface area contributed by atoms with Crippen molar-refractivity contribution >= 4 is 5.69 Å². The number of hydrogen-bond acceptors (Lipinski definition) is 4. The Balaban J connectivity index is 1.67. The summed E-state index contributed by atoms with van der Waals surface area (Å²) in [5.74, 6) is 0.916. The average molecular weight is 262 g/mol. The number of ether oxygens (including phenoxy) is 1. The van der Waals surface area contributed by atoms with Crippen LogP contribution in [0.4, 0.5) is 5.69 Å². The number of nitrogens with zero attached hydrogens (tertiary/aromatic N) is 2. The Kier molecular flexibility index (Phi) is 3.89. The zero-order valence-corrected chi connectivity index (χ0v) is 11.3. The van der Waals surface area contributed by atoms with E-state index in [4.69, 9.17) is 4.74 Å². The van der Waals surface area contributed by atoms with Gasteiger partial charge in [0.15, 0.2) is 0 Å². The molecule has 0 radical (unpaired) electrons. The lowest BCUT2D eigenvalue weighted by Crippen LogP contribution is -2.38. The van der Waals surface area contributed by atoms with E-state index in [9.17, 15) is 5.11 Å². The summed E-state index contributed by atoms with van der Waals surface area (Å²) >= 11 is 0. The molecule has 1 N–H and O–H groups in total. The van der Waals surface area contributed by atoms with Gasteiger partial charge in [0.25, 0.3) is 0 Å². The van der Waals surface area contributed by atoms with Gasteiger partial charge in [-0.25, -0.2) is 0 Å². The monoisotopic (exact) mass is 262 g/mol. The molecule has 104 valence electrons. The number of likely N-dealkylation sites (tertiary alicyclic amines) is 1. The Hall–Kier alpha value is -1.26. The number of rotatable bonds is 4. The molecule has 0 unspecified atom stereocenters. The molecule has 2 aliphatic heterocycles. The summed E-state index contributed by atoms with van der Waals surface area (Å²) in [5, 5.41) is 9.18. The second-order valence-electron chi connectivity index (χ2n) is 5.34. The summed E-state index contributed by atoms with van der Waals surface area (Å²) < 4.78 is 5.70. The molecule has 4 heteroatoms. The van der Waals surface area contributed by atoms with Crippen LogP contribution in [0.3, 0.4) is 0 Å². The Bertz CT molecular complexity index is 430. The van der Waals surface area contributed by atoms with E-state index in [1.54, 1.807) is 0 Å². The van der Waals surface area contributed by atoms with Crippen molar-refractivity contribution in [1.82, 2.24) is 4.90 Å². The molecule has 0 aromatic heterocycles. The highest BCUT2D eigenvalue weighted by Gasteiger charge is 2.19. The van der Waals surface area contributed by atoms with Gasteiger partial charge < -0.3 is 19.6 Å². The third kappa shape index (κ3) is 2.85. The Labute approximate surface area is 114 Å². The van der Waals surface area contributed by atoms with Gasteiger partial charge in [0.2, 0.25) is 0 Å². The predicted octanol–water partition coefficient (Wildman–Crippen LogP) is 1.47. The van der Waals surface area contributed by atoms with Crippen LogP contribution in [0.25, 0.3) is 0 Å². The quantitative estimate of drug-likeness (QED) is 0.891. The highest BCUT2D eigenvalue weighted by Crippen LogP contribution is 2.32. The zero-order valence-electron chi connectivity index (χ0n) is 11.3. The van der Waals surface area contributed by atoms with Gasteiger partial charge in [-0.15, -0.1) is 0 Å². The zero-order chi connectivity index (χ0) is 13.1. The molecule has 19 heavy (non-hydrogen) atoms. The summed E-state index contributed by atoms with van der Waals surface area (Å²) in [7, 11) is 0. The van der Waals surface area contributed by atoms with Gasteiger partial charge in [-0.3, -0.25) is 0 Å². The Morgan fingerprint density at radius 1 is 1.11 bits per heavy atom. The second-order valence-corrected chi connectivity index (χ2v) is 5.34. The lowest BCUT2D eigenvalue weighted by atomic mass is 10.1. The van der Waals surface area contributed by atoms with Crippen molar-refractivity contribution in [2.45, 2.75) is 19.4 Å². The topological polar surface area (TPSA) is 35.9 Å². The molecule has 0 atom stereocenters. The van der Waals surface area contributed by atoms with E-state index < -0.39 is 0 Å². The smallest absolute Gasteiger partial charge is 0.143 e. The summed E-state index contributed by atoms with van der Waals surface area (Å²) in [6.07, 6.45) is 2.69. The first kappa shape index (κ1) is 12.8. The molecule has 1 fully saturated rings. The van der Waals surface area contributed by atoms with Crippen LogP contribution in [0.5, 0.6) is 5.75 Å². The molecule has 2 heterocycles. The molecule has 0 amide bonds. The number of benzene rings is 1. The fourth-order valence-electron chi connectivity index (χ4n) is 2.92. The van der Waals surface area contributed by atoms with E-state index in [-0.39, 0.29) is 6.61 Å². The van der Waals surface area contributed by atoms with Crippen LogP contribution in [-0.2, 0) is 6.61 Å². The fourth-order valence-corrected chi connectivity index (χ4v) is 2.92. The first-order valence-electron chi connectivity index (χ1n) is 7.21. The summed E-state index contributed by atoms with van der Waals surface area (Å²) in [6, 6.07) is 6.01. The molecule has 2 aliphatic rings. The normalized spacial score (nSPS) is 19.3. The highest BCUT2D eigenvalue weighted by atomic mass is 16.5. The van der Waals surface area contributed by atoms with Gasteiger partial charge in [-0.2, -0.15) is 0 Å². The van der Waals surface area contributed by atoms with Crippen molar-refractivity contribution in [3.63, 3.8) is 0 Å². The third-order valence-corrected chi connectivity index (χ3v) is 4.05. The number of hydrogen-bond donors (Lipinski definition) is 1. The second kappa shape index (κ2) is 5.80. The van der Waals surface area contributed by atoms with Gasteiger partial charge in [-0.05, 0) is 43.6 Å². The number of fused-ring (bicyclic) bond motifs is 1. The van der Waals surface area contributed by atoms with Crippen molar-refractivity contribution < 1.29 is 9.84 Å². The molecular formula is C15H22N2O2. The van der Waals surface area contributed by atoms with E-state index >= 15 is 0 Å². The van der Waals surface area contributed by atoms with Crippen molar-refractivity contribution in [2.75, 3.05) is 44.2 Å². The maximum Gasteiger partial charge on any atom is 0.143 e. The lowest BCUT2D eigenvalue weighted by Gasteiger charge is -2.32. The van der Waals surface area contributed by atoms with Crippen molar-refractivity contribution in [1.29, 1.82) is 0 Å². The van der Waals surface area contributed by atoms with E-state index in [1.165, 1.54) is 31.6 Å². The molecular weight excluding hydrogens is 240 g/mol. The number of aliphatic hydroxyl groups is 1. The molecule has 4 nitrogen and oxygen atoms in total. The van der Waals surface area contributed by atoms with Crippen LogP contribution >= 0.6 is 0 Å². The van der Waals surface area contributed by atoms with Crippen LogP contribution in [0.1, 0.15) is 18.4 Å². The maximum absolute atomic E-state index is 9.18. The molecule has 0 saturated carbocycles. The highest BCUT2D eigenvalue weighted by molar-refractivity contribution is 5.61. The van der Waals surface area contributed by atoms with E-state index in [1.807, 2.05) is 12.1 Å². The first-order valence-corrected chi connectivity index (χ1v) is 7.21. The van der Waals surface area contributed by atoms with E-state index in [2.05, 4.69) is 15.9 Å². The molecule has 1 aromatic carbocycles. The van der Waals surface area contributed by atoms with Gasteiger partial charge in [-0.1, -0.05) is 6.07 Å². The minimum absolute atomic E-state index is 0.0738. The van der Waals surface area contributed by atoms with Crippen LogP contribution < -0.4 is 9.64 Å². The predicted molar refractivity (Wildman–Crippen MR) is 75.7 cm³/mol. The first-order chi connectivity index (χ1) is 9.36. The van der Waals surface area contributed by atoms with Crippen LogP contribution in [-0.4, -0.2) is 49.3 Å². The van der Waals surface area contributed by atoms with Crippen LogP contribution in [0.15, 0.2) is 18.2 Å². The molecule has 0 bridgehead atoms. The van der Waals surface area contributed by atoms with Gasteiger partial charge in [0.1, 0.15) is 12.4 Å². The molecule has 1 saturated heterocycles. The summed E-state index contributed by atoms with van der Waals surface area (Å²) in [6.45, 7) is 6.48. The minimum atomic E-state index is 0.0738. The van der Waals surface area contributed by atoms with Crippen LogP contribution in [0, 0.1) is 0 Å². The summed E-state index contributed by atoms with van der Waals surface area (Å²) in [5.41, 5.74) is 2.09. The lowest BCUT2D eigenvalue weighted by molar-refractivity contribution is 0.277. The molecule has 1 aromatic rings. The van der Waals surface area contributed by atoms with Gasteiger partial charge in [0.05, 0.1) is 18.8 Å². The van der Waals surface area contributed by atoms with Gasteiger partial charge >= 0.3 is 0 Å². The minimum Gasteiger partial charge on any atom is -0.490 e. The molecule has 0 aliphatic carbocycles. The number of anilines is 1. The maximum atomic E-state index is 9.18. The third-order valence-electron chi connectivity index (χ3n) is 4.05. The van der Waals surface area contributed by atoms with Crippen molar-refractivity contribution in [3.05, 3.63) is 23.8 Å². The van der Waals surface area contributed by atoms with Crippen LogP contribution in [0.2, 0.25) is 0 Å². The summed E-state index contributed by atoms with van der Waals surface area (Å²) in [4.78, 5) is 4.94. The van der Waals surface area contributed by atoms with Gasteiger partial charge in [0, 0.05) is 13.1 Å². The Morgan fingerprint density at radius 2 is 1.95 bits per heavy atom. The Morgan fingerprint density at radius 3 is 2.74 bits per heavy atom. The van der Waals surface area contributed by atoms with E-state index in [0.717, 1.165) is 37.6 Å². The molecule has 3 rings (SSSR count). The largest absolute Gasteiger partial charge is 0.490 e. The number of aliphatic hydroxyl groups excluding tert-OH is 1. The fraction of sp³-hybridized carbons (Fsp3) is 0.600. The SMILES string of the molecule is OCc1ccc2c(c1)OCCN2CCN1CCCC1. The van der Waals surface area contributed by atoms with Crippen molar-refractivity contribution in [2.24, 2.45) is 0 Å². The average Bonchev–Trinajstić information content (AvgIpc) is 2.97. The standard InChI is InChI=1S/C15H22N2O2/c18-12-13-3-4-14-15(11-13)19-10-9-17(14)8-7-16-5-1-2-6-16/h3-4,11,18H,1-2,5-10,12H2. The molecule has 0 spiro atoms. The van der Waals surface area contributed by atoms with Crippen molar-refractivity contribution in [3.8, 4) is 5.75 Å². The van der Waals surface area contributed by atoms with E-state index in [0.29, 0.717) is 0 Å².